The fraction of sp³-hybridized carbons (Fsp3) is 0.267. The van der Waals surface area contributed by atoms with Crippen molar-refractivity contribution >= 4 is 34.0 Å². The number of thiophene rings is 2. The Morgan fingerprint density at radius 1 is 1.24 bits per heavy atom. The second-order valence-corrected chi connectivity index (χ2v) is 7.71. The van der Waals surface area contributed by atoms with Crippen molar-refractivity contribution in [3.05, 3.63) is 50.3 Å². The first-order chi connectivity index (χ1) is 10.1. The van der Waals surface area contributed by atoms with Gasteiger partial charge in [-0.15, -0.1) is 11.3 Å². The molecule has 3 rings (SSSR count). The fourth-order valence-corrected chi connectivity index (χ4v) is 4.39. The van der Waals surface area contributed by atoms with Crippen LogP contribution in [0.25, 0.3) is 10.6 Å². The summed E-state index contributed by atoms with van der Waals surface area (Å²) >= 11 is 4.98. The van der Waals surface area contributed by atoms with Crippen molar-refractivity contribution in [1.82, 2.24) is 10.3 Å². The lowest BCUT2D eigenvalue weighted by atomic mass is 9.99. The Balaban J connectivity index is 1.56. The third-order valence-corrected chi connectivity index (χ3v) is 5.65. The first-order valence-electron chi connectivity index (χ1n) is 6.58. The van der Waals surface area contributed by atoms with E-state index < -0.39 is 5.60 Å². The first kappa shape index (κ1) is 14.9. The molecule has 0 radical (unpaired) electrons. The van der Waals surface area contributed by atoms with Crippen LogP contribution in [0.3, 0.4) is 0 Å². The molecule has 0 aliphatic carbocycles. The second kappa shape index (κ2) is 6.37. The summed E-state index contributed by atoms with van der Waals surface area (Å²) in [6.07, 6.45) is 1.91. The quantitative estimate of drug-likeness (QED) is 0.717. The minimum absolute atomic E-state index is 0.523. The molecule has 3 heterocycles. The summed E-state index contributed by atoms with van der Waals surface area (Å²) in [7, 11) is 0. The number of hydrogen-bond donors (Lipinski definition) is 2. The van der Waals surface area contributed by atoms with Gasteiger partial charge in [-0.3, -0.25) is 0 Å². The van der Waals surface area contributed by atoms with Gasteiger partial charge in [0.1, 0.15) is 5.01 Å². The summed E-state index contributed by atoms with van der Waals surface area (Å²) in [4.78, 5) is 5.63. The van der Waals surface area contributed by atoms with Crippen molar-refractivity contribution in [2.75, 3.05) is 6.54 Å². The molecule has 1 atom stereocenters. The third kappa shape index (κ3) is 3.59. The first-order valence-corrected chi connectivity index (χ1v) is 9.28. The number of thiazole rings is 1. The highest BCUT2D eigenvalue weighted by atomic mass is 32.1. The Morgan fingerprint density at radius 3 is 2.76 bits per heavy atom. The summed E-state index contributed by atoms with van der Waals surface area (Å²) in [5, 5.41) is 23.0. The average molecular weight is 337 g/mol. The molecule has 0 saturated carbocycles. The van der Waals surface area contributed by atoms with Gasteiger partial charge in [-0.05, 0) is 40.8 Å². The predicted molar refractivity (Wildman–Crippen MR) is 91.0 cm³/mol. The van der Waals surface area contributed by atoms with Crippen LogP contribution in [-0.4, -0.2) is 16.6 Å². The van der Waals surface area contributed by atoms with E-state index in [1.54, 1.807) is 34.0 Å². The van der Waals surface area contributed by atoms with Crippen molar-refractivity contribution in [3.8, 4) is 10.6 Å². The lowest BCUT2D eigenvalue weighted by Crippen LogP contribution is -2.34. The van der Waals surface area contributed by atoms with Gasteiger partial charge in [0.05, 0.1) is 5.60 Å². The lowest BCUT2D eigenvalue weighted by Gasteiger charge is -2.22. The molecule has 0 aliphatic rings. The number of nitrogens with zero attached hydrogens (tertiary/aromatic N) is 1. The van der Waals surface area contributed by atoms with Gasteiger partial charge in [0.25, 0.3) is 0 Å². The van der Waals surface area contributed by atoms with Gasteiger partial charge in [-0.2, -0.15) is 22.7 Å². The van der Waals surface area contributed by atoms with Gasteiger partial charge < -0.3 is 10.4 Å². The van der Waals surface area contributed by atoms with Crippen LogP contribution in [0.5, 0.6) is 0 Å². The number of rotatable bonds is 6. The highest BCUT2D eigenvalue weighted by Gasteiger charge is 2.22. The molecular formula is C15H16N2OS3. The van der Waals surface area contributed by atoms with Gasteiger partial charge in [0.2, 0.25) is 0 Å². The Labute approximate surface area is 135 Å². The molecule has 3 aromatic heterocycles. The van der Waals surface area contributed by atoms with E-state index in [-0.39, 0.29) is 0 Å². The van der Waals surface area contributed by atoms with Crippen molar-refractivity contribution in [2.45, 2.75) is 19.1 Å². The van der Waals surface area contributed by atoms with Crippen LogP contribution in [0.1, 0.15) is 17.4 Å². The minimum atomic E-state index is -0.832. The minimum Gasteiger partial charge on any atom is -0.384 e. The standard InChI is InChI=1S/C15H16N2OS3/c1-15(18,12-3-5-20-9-12)10-16-6-13-7-17-14(21-13)11-2-4-19-8-11/h2-5,7-9,16,18H,6,10H2,1H3. The van der Waals surface area contributed by atoms with Gasteiger partial charge in [-0.25, -0.2) is 4.98 Å². The molecule has 3 nitrogen and oxygen atoms in total. The number of aliphatic hydroxyl groups is 1. The maximum Gasteiger partial charge on any atom is 0.124 e. The number of hydrogen-bond acceptors (Lipinski definition) is 6. The van der Waals surface area contributed by atoms with E-state index in [0.29, 0.717) is 6.54 Å². The molecule has 2 N–H and O–H groups in total. The summed E-state index contributed by atoms with van der Waals surface area (Å²) in [5.74, 6) is 0. The van der Waals surface area contributed by atoms with Gasteiger partial charge in [0.15, 0.2) is 0 Å². The van der Waals surface area contributed by atoms with Crippen LogP contribution in [0, 0.1) is 0 Å². The maximum atomic E-state index is 10.4. The molecule has 6 heteroatoms. The van der Waals surface area contributed by atoms with Crippen LogP contribution < -0.4 is 5.32 Å². The predicted octanol–water partition coefficient (Wildman–Crippen LogP) is 3.93. The third-order valence-electron chi connectivity index (χ3n) is 3.23. The molecule has 1 unspecified atom stereocenters. The van der Waals surface area contributed by atoms with E-state index in [2.05, 4.69) is 27.1 Å². The molecular weight excluding hydrogens is 320 g/mol. The molecule has 0 bridgehead atoms. The monoisotopic (exact) mass is 336 g/mol. The van der Waals surface area contributed by atoms with Crippen LogP contribution in [0.4, 0.5) is 0 Å². The average Bonchev–Trinajstić information content (AvgIpc) is 3.20. The summed E-state index contributed by atoms with van der Waals surface area (Å²) in [5.41, 5.74) is 1.31. The number of nitrogens with one attached hydrogen (secondary N) is 1. The van der Waals surface area contributed by atoms with E-state index >= 15 is 0 Å². The van der Waals surface area contributed by atoms with E-state index in [1.807, 2.05) is 29.9 Å². The second-order valence-electron chi connectivity index (χ2n) is 5.03. The molecule has 0 fully saturated rings. The zero-order valence-corrected chi connectivity index (χ0v) is 14.0. The number of aromatic nitrogens is 1. The molecule has 3 aromatic rings. The molecule has 110 valence electrons. The van der Waals surface area contributed by atoms with Crippen molar-refractivity contribution in [2.24, 2.45) is 0 Å². The summed E-state index contributed by atoms with van der Waals surface area (Å²) in [6, 6.07) is 4.05. The fourth-order valence-electron chi connectivity index (χ4n) is 2.01. The smallest absolute Gasteiger partial charge is 0.124 e. The van der Waals surface area contributed by atoms with Gasteiger partial charge in [-0.1, -0.05) is 0 Å². The van der Waals surface area contributed by atoms with E-state index in [9.17, 15) is 5.11 Å². The summed E-state index contributed by atoms with van der Waals surface area (Å²) < 4.78 is 0. The zero-order chi connectivity index (χ0) is 14.7. The maximum absolute atomic E-state index is 10.4. The molecule has 0 aliphatic heterocycles. The van der Waals surface area contributed by atoms with Crippen molar-refractivity contribution in [1.29, 1.82) is 0 Å². The Bertz CT molecular complexity index is 672. The zero-order valence-electron chi connectivity index (χ0n) is 11.6. The Kier molecular flexibility index (Phi) is 4.51. The van der Waals surface area contributed by atoms with Gasteiger partial charge >= 0.3 is 0 Å². The van der Waals surface area contributed by atoms with Crippen LogP contribution in [-0.2, 0) is 12.1 Å². The van der Waals surface area contributed by atoms with Crippen molar-refractivity contribution < 1.29 is 5.11 Å². The molecule has 0 amide bonds. The highest BCUT2D eigenvalue weighted by Crippen LogP contribution is 2.27. The Morgan fingerprint density at radius 2 is 2.05 bits per heavy atom. The Hall–Kier alpha value is -1.05. The molecule has 21 heavy (non-hydrogen) atoms. The van der Waals surface area contributed by atoms with Crippen LogP contribution in [0.2, 0.25) is 0 Å². The molecule has 0 spiro atoms. The van der Waals surface area contributed by atoms with E-state index in [0.717, 1.165) is 17.1 Å². The van der Waals surface area contributed by atoms with E-state index in [1.165, 1.54) is 10.4 Å². The van der Waals surface area contributed by atoms with Crippen molar-refractivity contribution in [3.63, 3.8) is 0 Å². The normalized spacial score (nSPS) is 14.2. The lowest BCUT2D eigenvalue weighted by molar-refractivity contribution is 0.0572. The van der Waals surface area contributed by atoms with Crippen LogP contribution in [0.15, 0.2) is 39.8 Å². The topological polar surface area (TPSA) is 45.1 Å². The molecule has 0 aromatic carbocycles. The summed E-state index contributed by atoms with van der Waals surface area (Å²) in [6.45, 7) is 3.09. The highest BCUT2D eigenvalue weighted by molar-refractivity contribution is 7.15. The van der Waals surface area contributed by atoms with Gasteiger partial charge in [0, 0.05) is 35.1 Å². The SMILES string of the molecule is CC(O)(CNCc1cnc(-c2ccsc2)s1)c1ccsc1. The largest absolute Gasteiger partial charge is 0.384 e. The van der Waals surface area contributed by atoms with Crippen LogP contribution >= 0.6 is 34.0 Å². The molecule has 0 saturated heterocycles. The van der Waals surface area contributed by atoms with E-state index in [4.69, 9.17) is 0 Å².